The third kappa shape index (κ3) is 3.31. The molecule has 4 nitrogen and oxygen atoms in total. The minimum atomic E-state index is 0.802. The van der Waals surface area contributed by atoms with E-state index in [-0.39, 0.29) is 0 Å². The van der Waals surface area contributed by atoms with Crippen LogP contribution in [0.5, 0.6) is 0 Å². The quantitative estimate of drug-likeness (QED) is 0.495. The van der Waals surface area contributed by atoms with Gasteiger partial charge >= 0.3 is 0 Å². The molecule has 0 radical (unpaired) electrons. The van der Waals surface area contributed by atoms with E-state index in [1.807, 2.05) is 13.0 Å². The van der Waals surface area contributed by atoms with Crippen molar-refractivity contribution in [2.45, 2.75) is 27.2 Å². The standard InChI is InChI=1S/C18H18N4S3/c1-10-11(2)25-18-15(10)17(19-7-6-13-9-24-12(3)20-13)21-16(22-18)14-5-4-8-23-14/h4-5,8-9H,6-7H2,1-3H3,(H,19,21,22). The maximum Gasteiger partial charge on any atom is 0.173 e. The van der Waals surface area contributed by atoms with E-state index in [4.69, 9.17) is 9.97 Å². The molecule has 4 heterocycles. The molecule has 0 amide bonds. The van der Waals surface area contributed by atoms with Crippen molar-refractivity contribution in [1.82, 2.24) is 15.0 Å². The molecule has 1 N–H and O–H groups in total. The summed E-state index contributed by atoms with van der Waals surface area (Å²) < 4.78 is 0. The average molecular weight is 387 g/mol. The normalized spacial score (nSPS) is 11.3. The Morgan fingerprint density at radius 3 is 2.68 bits per heavy atom. The van der Waals surface area contributed by atoms with Crippen molar-refractivity contribution in [3.05, 3.63) is 44.0 Å². The third-order valence-electron chi connectivity index (χ3n) is 4.11. The number of thiophene rings is 2. The molecule has 0 spiro atoms. The van der Waals surface area contributed by atoms with Gasteiger partial charge < -0.3 is 5.32 Å². The Hall–Kier alpha value is -1.83. The van der Waals surface area contributed by atoms with Gasteiger partial charge in [0.25, 0.3) is 0 Å². The Labute approximate surface area is 158 Å². The predicted molar refractivity (Wildman–Crippen MR) is 109 cm³/mol. The van der Waals surface area contributed by atoms with Crippen LogP contribution in [0.15, 0.2) is 22.9 Å². The van der Waals surface area contributed by atoms with Crippen molar-refractivity contribution in [1.29, 1.82) is 0 Å². The van der Waals surface area contributed by atoms with E-state index in [2.05, 4.69) is 41.0 Å². The molecular weight excluding hydrogens is 368 g/mol. The first kappa shape index (κ1) is 16.6. The number of rotatable bonds is 5. The van der Waals surface area contributed by atoms with Gasteiger partial charge in [0.2, 0.25) is 0 Å². The van der Waals surface area contributed by atoms with Crippen molar-refractivity contribution in [3.8, 4) is 10.7 Å². The van der Waals surface area contributed by atoms with Crippen LogP contribution in [-0.4, -0.2) is 21.5 Å². The van der Waals surface area contributed by atoms with Gasteiger partial charge in [-0.05, 0) is 37.8 Å². The first-order chi connectivity index (χ1) is 12.1. The highest BCUT2D eigenvalue weighted by atomic mass is 32.1. The SMILES string of the molecule is Cc1nc(CCNc2nc(-c3cccs3)nc3sc(C)c(C)c23)cs1. The fourth-order valence-corrected chi connectivity index (χ4v) is 5.06. The number of hydrogen-bond donors (Lipinski definition) is 1. The molecule has 0 aliphatic carbocycles. The van der Waals surface area contributed by atoms with Crippen LogP contribution in [0, 0.1) is 20.8 Å². The molecule has 0 fully saturated rings. The highest BCUT2D eigenvalue weighted by molar-refractivity contribution is 7.19. The monoisotopic (exact) mass is 386 g/mol. The zero-order valence-electron chi connectivity index (χ0n) is 14.3. The van der Waals surface area contributed by atoms with Gasteiger partial charge in [-0.1, -0.05) is 6.07 Å². The summed E-state index contributed by atoms with van der Waals surface area (Å²) in [5.41, 5.74) is 2.40. The molecule has 0 bridgehead atoms. The maximum atomic E-state index is 4.83. The van der Waals surface area contributed by atoms with Gasteiger partial charge in [-0.15, -0.1) is 34.0 Å². The van der Waals surface area contributed by atoms with Gasteiger partial charge in [-0.3, -0.25) is 0 Å². The van der Waals surface area contributed by atoms with E-state index < -0.39 is 0 Å². The predicted octanol–water partition coefficient (Wildman–Crippen LogP) is 5.46. The van der Waals surface area contributed by atoms with E-state index in [9.17, 15) is 0 Å². The Bertz CT molecular complexity index is 1010. The van der Waals surface area contributed by atoms with E-state index >= 15 is 0 Å². The van der Waals surface area contributed by atoms with Crippen LogP contribution in [0.25, 0.3) is 20.9 Å². The second-order valence-corrected chi connectivity index (χ2v) is 9.08. The van der Waals surface area contributed by atoms with Crippen LogP contribution >= 0.6 is 34.0 Å². The van der Waals surface area contributed by atoms with Gasteiger partial charge in [0.15, 0.2) is 5.82 Å². The first-order valence-electron chi connectivity index (χ1n) is 8.08. The van der Waals surface area contributed by atoms with Gasteiger partial charge in [-0.2, -0.15) is 0 Å². The summed E-state index contributed by atoms with van der Waals surface area (Å²) in [6.07, 6.45) is 0.895. The Balaban J connectivity index is 1.67. The molecule has 0 saturated heterocycles. The molecule has 0 unspecified atom stereocenters. The lowest BCUT2D eigenvalue weighted by atomic mass is 10.2. The van der Waals surface area contributed by atoms with Crippen LogP contribution in [-0.2, 0) is 6.42 Å². The molecule has 0 aliphatic rings. The topological polar surface area (TPSA) is 50.7 Å². The number of nitrogens with one attached hydrogen (secondary N) is 1. The van der Waals surface area contributed by atoms with E-state index in [0.29, 0.717) is 0 Å². The fourth-order valence-electron chi connectivity index (χ4n) is 2.73. The molecule has 0 aromatic carbocycles. The number of aromatic nitrogens is 3. The number of fused-ring (bicyclic) bond motifs is 1. The summed E-state index contributed by atoms with van der Waals surface area (Å²) in [4.78, 5) is 17.6. The number of thiazole rings is 1. The van der Waals surface area contributed by atoms with Crippen LogP contribution in [0.1, 0.15) is 21.1 Å². The maximum absolute atomic E-state index is 4.83. The van der Waals surface area contributed by atoms with Crippen molar-refractivity contribution < 1.29 is 0 Å². The molecule has 0 atom stereocenters. The lowest BCUT2D eigenvalue weighted by molar-refractivity contribution is 0.961. The van der Waals surface area contributed by atoms with Crippen LogP contribution in [0.4, 0.5) is 5.82 Å². The third-order valence-corrected chi connectivity index (χ3v) is 6.90. The number of anilines is 1. The molecule has 4 rings (SSSR count). The van der Waals surface area contributed by atoms with Crippen molar-refractivity contribution in [3.63, 3.8) is 0 Å². The minimum absolute atomic E-state index is 0.802. The smallest absolute Gasteiger partial charge is 0.173 e. The van der Waals surface area contributed by atoms with E-state index in [1.165, 1.54) is 10.4 Å². The van der Waals surface area contributed by atoms with Gasteiger partial charge in [0, 0.05) is 23.2 Å². The summed E-state index contributed by atoms with van der Waals surface area (Å²) in [6.45, 7) is 7.15. The zero-order chi connectivity index (χ0) is 17.4. The van der Waals surface area contributed by atoms with Gasteiger partial charge in [0.05, 0.1) is 21.0 Å². The number of aryl methyl sites for hydroxylation is 3. The fraction of sp³-hybridized carbons (Fsp3) is 0.278. The Morgan fingerprint density at radius 2 is 1.96 bits per heavy atom. The highest BCUT2D eigenvalue weighted by Crippen LogP contribution is 2.35. The molecule has 4 aromatic heterocycles. The molecule has 25 heavy (non-hydrogen) atoms. The summed E-state index contributed by atoms with van der Waals surface area (Å²) in [5, 5.41) is 9.98. The van der Waals surface area contributed by atoms with Crippen LogP contribution < -0.4 is 5.32 Å². The van der Waals surface area contributed by atoms with Crippen LogP contribution in [0.3, 0.4) is 0 Å². The lowest BCUT2D eigenvalue weighted by Gasteiger charge is -2.09. The van der Waals surface area contributed by atoms with Gasteiger partial charge in [0.1, 0.15) is 10.6 Å². The minimum Gasteiger partial charge on any atom is -0.369 e. The Morgan fingerprint density at radius 1 is 1.08 bits per heavy atom. The van der Waals surface area contributed by atoms with Crippen LogP contribution in [0.2, 0.25) is 0 Å². The molecule has 128 valence electrons. The molecule has 7 heteroatoms. The number of nitrogens with zero attached hydrogens (tertiary/aromatic N) is 3. The molecular formula is C18H18N4S3. The molecule has 4 aromatic rings. The average Bonchev–Trinajstić information content (AvgIpc) is 3.30. The van der Waals surface area contributed by atoms with Crippen molar-refractivity contribution >= 4 is 50.0 Å². The highest BCUT2D eigenvalue weighted by Gasteiger charge is 2.15. The van der Waals surface area contributed by atoms with Crippen molar-refractivity contribution in [2.24, 2.45) is 0 Å². The second-order valence-electron chi connectivity index (χ2n) is 5.87. The largest absolute Gasteiger partial charge is 0.369 e. The molecule has 0 saturated carbocycles. The first-order valence-corrected chi connectivity index (χ1v) is 10.7. The van der Waals surface area contributed by atoms with E-state index in [0.717, 1.165) is 50.4 Å². The lowest BCUT2D eigenvalue weighted by Crippen LogP contribution is -2.08. The summed E-state index contributed by atoms with van der Waals surface area (Å²) >= 11 is 5.11. The number of hydrogen-bond acceptors (Lipinski definition) is 7. The Kier molecular flexibility index (Phi) is 4.54. The second kappa shape index (κ2) is 6.82. The zero-order valence-corrected chi connectivity index (χ0v) is 16.7. The molecule has 0 aliphatic heterocycles. The van der Waals surface area contributed by atoms with Crippen molar-refractivity contribution in [2.75, 3.05) is 11.9 Å². The van der Waals surface area contributed by atoms with Gasteiger partial charge in [-0.25, -0.2) is 15.0 Å². The van der Waals surface area contributed by atoms with E-state index in [1.54, 1.807) is 34.0 Å². The summed E-state index contributed by atoms with van der Waals surface area (Å²) in [5.74, 6) is 1.73. The summed E-state index contributed by atoms with van der Waals surface area (Å²) in [7, 11) is 0. The summed E-state index contributed by atoms with van der Waals surface area (Å²) in [6, 6.07) is 4.11.